The lowest BCUT2D eigenvalue weighted by atomic mass is 9.78. The highest BCUT2D eigenvalue weighted by Crippen LogP contribution is 2.32. The van der Waals surface area contributed by atoms with Crippen LogP contribution in [0, 0.1) is 17.7 Å². The Kier molecular flexibility index (Phi) is 6.49. The highest BCUT2D eigenvalue weighted by molar-refractivity contribution is 6.31. The lowest BCUT2D eigenvalue weighted by molar-refractivity contribution is -0.147. The highest BCUT2D eigenvalue weighted by atomic mass is 35.5. The number of hydrogen-bond acceptors (Lipinski definition) is 3. The Labute approximate surface area is 172 Å². The second-order valence-corrected chi connectivity index (χ2v) is 7.36. The Bertz CT molecular complexity index is 950. The summed E-state index contributed by atoms with van der Waals surface area (Å²) in [5.41, 5.74) is 0.780. The van der Waals surface area contributed by atoms with Crippen molar-refractivity contribution in [2.45, 2.75) is 25.7 Å². The number of halogens is 2. The van der Waals surface area contributed by atoms with Crippen molar-refractivity contribution in [3.05, 3.63) is 58.9 Å². The van der Waals surface area contributed by atoms with E-state index in [1.807, 2.05) is 0 Å². The van der Waals surface area contributed by atoms with Crippen LogP contribution in [-0.4, -0.2) is 22.9 Å². The third-order valence-corrected chi connectivity index (χ3v) is 5.32. The van der Waals surface area contributed by atoms with Gasteiger partial charge in [-0.25, -0.2) is 4.39 Å². The molecule has 0 heterocycles. The van der Waals surface area contributed by atoms with E-state index in [4.69, 9.17) is 11.6 Å². The molecule has 29 heavy (non-hydrogen) atoms. The fraction of sp³-hybridized carbons (Fsp3) is 0.286. The first kappa shape index (κ1) is 20.8. The van der Waals surface area contributed by atoms with E-state index >= 15 is 0 Å². The second kappa shape index (κ2) is 9.05. The summed E-state index contributed by atoms with van der Waals surface area (Å²) < 4.78 is 13.3. The van der Waals surface area contributed by atoms with Gasteiger partial charge in [-0.05, 0) is 43.2 Å². The number of para-hydroxylation sites is 1. The van der Waals surface area contributed by atoms with Gasteiger partial charge in [-0.1, -0.05) is 36.6 Å². The number of aliphatic carboxylic acids is 1. The zero-order chi connectivity index (χ0) is 21.0. The Morgan fingerprint density at radius 1 is 1.00 bits per heavy atom. The minimum absolute atomic E-state index is 0.124. The fourth-order valence-electron chi connectivity index (χ4n) is 3.53. The van der Waals surface area contributed by atoms with E-state index in [0.717, 1.165) is 18.9 Å². The fourth-order valence-corrected chi connectivity index (χ4v) is 3.71. The molecule has 0 saturated heterocycles. The van der Waals surface area contributed by atoms with Gasteiger partial charge < -0.3 is 15.7 Å². The van der Waals surface area contributed by atoms with Gasteiger partial charge in [0.1, 0.15) is 5.82 Å². The predicted molar refractivity (Wildman–Crippen MR) is 108 cm³/mol. The van der Waals surface area contributed by atoms with Crippen LogP contribution in [0.4, 0.5) is 15.8 Å². The number of carbonyl (C=O) groups is 3. The number of carboxylic acid groups (broad SMARTS) is 1. The number of anilines is 2. The van der Waals surface area contributed by atoms with Crippen LogP contribution in [0.25, 0.3) is 0 Å². The molecule has 152 valence electrons. The van der Waals surface area contributed by atoms with E-state index in [-0.39, 0.29) is 16.3 Å². The molecule has 1 fully saturated rings. The van der Waals surface area contributed by atoms with Gasteiger partial charge in [0.25, 0.3) is 5.91 Å². The molecule has 0 aromatic heterocycles. The summed E-state index contributed by atoms with van der Waals surface area (Å²) in [6.45, 7) is 0. The normalized spacial score (nSPS) is 18.7. The first-order valence-corrected chi connectivity index (χ1v) is 9.63. The molecule has 0 radical (unpaired) electrons. The summed E-state index contributed by atoms with van der Waals surface area (Å²) >= 11 is 5.74. The quantitative estimate of drug-likeness (QED) is 0.663. The monoisotopic (exact) mass is 418 g/mol. The molecule has 3 rings (SSSR count). The minimum Gasteiger partial charge on any atom is -0.481 e. The number of rotatable bonds is 5. The van der Waals surface area contributed by atoms with Crippen molar-refractivity contribution in [3.8, 4) is 0 Å². The van der Waals surface area contributed by atoms with Crippen molar-refractivity contribution in [1.82, 2.24) is 0 Å². The third-order valence-electron chi connectivity index (χ3n) is 5.03. The summed E-state index contributed by atoms with van der Waals surface area (Å²) in [7, 11) is 0. The van der Waals surface area contributed by atoms with Gasteiger partial charge in [0.05, 0.1) is 28.1 Å². The molecule has 2 aromatic carbocycles. The van der Waals surface area contributed by atoms with Crippen LogP contribution in [0.1, 0.15) is 36.0 Å². The maximum absolute atomic E-state index is 13.3. The molecule has 3 N–H and O–H groups in total. The lowest BCUT2D eigenvalue weighted by Gasteiger charge is -2.27. The number of hydrogen-bond donors (Lipinski definition) is 3. The molecule has 6 nitrogen and oxygen atoms in total. The van der Waals surface area contributed by atoms with Gasteiger partial charge >= 0.3 is 5.97 Å². The van der Waals surface area contributed by atoms with Gasteiger partial charge in [-0.3, -0.25) is 14.4 Å². The molecule has 0 aliphatic heterocycles. The van der Waals surface area contributed by atoms with E-state index in [1.54, 1.807) is 18.2 Å². The smallest absolute Gasteiger partial charge is 0.307 e. The molecule has 1 aliphatic carbocycles. The minimum atomic E-state index is -0.982. The standard InChI is InChI=1S/C21H20ClFN2O4/c22-16-11-12(9-10-17(16)23)24-20(27)15-7-3-4-8-18(15)25-19(26)13-5-1-2-6-14(13)21(28)29/h3-4,7-11,13-14H,1-2,5-6H2,(H,24,27)(H,25,26)(H,28,29)/t13-,14+/m1/s1. The third kappa shape index (κ3) is 4.92. The van der Waals surface area contributed by atoms with Gasteiger partial charge in [0.15, 0.2) is 0 Å². The molecule has 0 unspecified atom stereocenters. The largest absolute Gasteiger partial charge is 0.481 e. The van der Waals surface area contributed by atoms with Crippen molar-refractivity contribution in [2.24, 2.45) is 11.8 Å². The maximum atomic E-state index is 13.3. The van der Waals surface area contributed by atoms with E-state index < -0.39 is 35.4 Å². The van der Waals surface area contributed by atoms with E-state index in [0.29, 0.717) is 18.5 Å². The van der Waals surface area contributed by atoms with E-state index in [2.05, 4.69) is 10.6 Å². The first-order chi connectivity index (χ1) is 13.9. The maximum Gasteiger partial charge on any atom is 0.307 e. The summed E-state index contributed by atoms with van der Waals surface area (Å²) in [6.07, 6.45) is 2.52. The number of benzene rings is 2. The summed E-state index contributed by atoms with van der Waals surface area (Å²) in [5, 5.41) is 14.6. The van der Waals surface area contributed by atoms with Crippen LogP contribution in [0.2, 0.25) is 5.02 Å². The molecule has 8 heteroatoms. The Morgan fingerprint density at radius 2 is 1.69 bits per heavy atom. The van der Waals surface area contributed by atoms with Crippen molar-refractivity contribution in [2.75, 3.05) is 10.6 Å². The summed E-state index contributed by atoms with van der Waals surface area (Å²) in [5.74, 6) is -3.88. The number of carboxylic acids is 1. The van der Waals surface area contributed by atoms with Crippen LogP contribution in [0.15, 0.2) is 42.5 Å². The van der Waals surface area contributed by atoms with Crippen molar-refractivity contribution >= 4 is 40.8 Å². The Morgan fingerprint density at radius 3 is 2.38 bits per heavy atom. The molecule has 2 aromatic rings. The summed E-state index contributed by atoms with van der Waals surface area (Å²) in [4.78, 5) is 36.9. The second-order valence-electron chi connectivity index (χ2n) is 6.95. The molecular weight excluding hydrogens is 399 g/mol. The zero-order valence-corrected chi connectivity index (χ0v) is 16.2. The average Bonchev–Trinajstić information content (AvgIpc) is 2.71. The zero-order valence-electron chi connectivity index (χ0n) is 15.5. The van der Waals surface area contributed by atoms with Crippen molar-refractivity contribution in [1.29, 1.82) is 0 Å². The number of carbonyl (C=O) groups excluding carboxylic acids is 2. The Hall–Kier alpha value is -2.93. The number of amides is 2. The molecule has 2 amide bonds. The predicted octanol–water partition coefficient (Wildman–Crippen LogP) is 4.56. The molecular formula is C21H20ClFN2O4. The first-order valence-electron chi connectivity index (χ1n) is 9.26. The lowest BCUT2D eigenvalue weighted by Crippen LogP contribution is -2.36. The molecule has 2 atom stereocenters. The van der Waals surface area contributed by atoms with Gasteiger partial charge in [-0.15, -0.1) is 0 Å². The van der Waals surface area contributed by atoms with Crippen LogP contribution in [-0.2, 0) is 9.59 Å². The molecule has 1 aliphatic rings. The van der Waals surface area contributed by atoms with E-state index in [1.165, 1.54) is 18.2 Å². The number of nitrogens with one attached hydrogen (secondary N) is 2. The highest BCUT2D eigenvalue weighted by Gasteiger charge is 2.36. The summed E-state index contributed by atoms with van der Waals surface area (Å²) in [6, 6.07) is 10.2. The van der Waals surface area contributed by atoms with E-state index in [9.17, 15) is 23.9 Å². The van der Waals surface area contributed by atoms with Crippen molar-refractivity contribution in [3.63, 3.8) is 0 Å². The van der Waals surface area contributed by atoms with Crippen LogP contribution in [0.3, 0.4) is 0 Å². The van der Waals surface area contributed by atoms with Crippen LogP contribution >= 0.6 is 11.6 Å². The molecule has 0 spiro atoms. The molecule has 0 bridgehead atoms. The Balaban J connectivity index is 1.77. The van der Waals surface area contributed by atoms with Crippen LogP contribution < -0.4 is 10.6 Å². The van der Waals surface area contributed by atoms with Gasteiger partial charge in [-0.2, -0.15) is 0 Å². The van der Waals surface area contributed by atoms with Gasteiger partial charge in [0, 0.05) is 5.69 Å². The average molecular weight is 419 g/mol. The van der Waals surface area contributed by atoms with Crippen LogP contribution in [0.5, 0.6) is 0 Å². The SMILES string of the molecule is O=C(Nc1ccc(F)c(Cl)c1)c1ccccc1NC(=O)[C@@H]1CCCC[C@@H]1C(=O)O. The van der Waals surface area contributed by atoms with Gasteiger partial charge in [0.2, 0.25) is 5.91 Å². The topological polar surface area (TPSA) is 95.5 Å². The molecule has 1 saturated carbocycles. The van der Waals surface area contributed by atoms with Crippen molar-refractivity contribution < 1.29 is 23.9 Å².